The summed E-state index contributed by atoms with van der Waals surface area (Å²) in [4.78, 5) is 4.63. The van der Waals surface area contributed by atoms with Gasteiger partial charge in [0.2, 0.25) is 0 Å². The number of rotatable bonds is 10. The van der Waals surface area contributed by atoms with Crippen LogP contribution in [0, 0.1) is 6.92 Å². The lowest BCUT2D eigenvalue weighted by molar-refractivity contribution is 0.642. The van der Waals surface area contributed by atoms with E-state index in [1.54, 1.807) is 0 Å². The second-order valence-electron chi connectivity index (χ2n) is 5.66. The molecular weight excluding hydrogens is 403 g/mol. The standard InChI is InChI=1S/C16H32N6.HI/c1-5-7-9-10-12-18-16(17-11-8-6-2)19-13-15-21-20-14(3)22(15)4;/h5-13H2,1-4H3,(H2,17,18,19);1H. The van der Waals surface area contributed by atoms with Crippen molar-refractivity contribution in [2.75, 3.05) is 13.1 Å². The molecule has 0 aliphatic carbocycles. The van der Waals surface area contributed by atoms with Gasteiger partial charge in [0.15, 0.2) is 11.8 Å². The van der Waals surface area contributed by atoms with Gasteiger partial charge < -0.3 is 15.2 Å². The number of aliphatic imine (C=N–C) groups is 1. The smallest absolute Gasteiger partial charge is 0.191 e. The molecule has 0 saturated heterocycles. The quantitative estimate of drug-likeness (QED) is 0.256. The van der Waals surface area contributed by atoms with E-state index in [1.165, 1.54) is 32.1 Å². The monoisotopic (exact) mass is 436 g/mol. The minimum Gasteiger partial charge on any atom is -0.356 e. The molecule has 1 heterocycles. The number of aromatic nitrogens is 3. The van der Waals surface area contributed by atoms with Gasteiger partial charge in [0.1, 0.15) is 12.4 Å². The molecule has 6 nitrogen and oxygen atoms in total. The fourth-order valence-electron chi connectivity index (χ4n) is 2.05. The Labute approximate surface area is 158 Å². The number of hydrogen-bond acceptors (Lipinski definition) is 3. The first-order chi connectivity index (χ1) is 10.7. The maximum absolute atomic E-state index is 4.63. The highest BCUT2D eigenvalue weighted by Gasteiger charge is 2.04. The van der Waals surface area contributed by atoms with Gasteiger partial charge >= 0.3 is 0 Å². The van der Waals surface area contributed by atoms with E-state index < -0.39 is 0 Å². The third-order valence-electron chi connectivity index (χ3n) is 3.71. The number of unbranched alkanes of at least 4 members (excludes halogenated alkanes) is 4. The zero-order valence-electron chi connectivity index (χ0n) is 15.1. The summed E-state index contributed by atoms with van der Waals surface area (Å²) in [6.45, 7) is 8.85. The first-order valence-electron chi connectivity index (χ1n) is 8.56. The molecule has 0 amide bonds. The van der Waals surface area contributed by atoms with Gasteiger partial charge in [-0.3, -0.25) is 0 Å². The molecule has 0 aliphatic heterocycles. The molecule has 0 aromatic carbocycles. The average molecular weight is 436 g/mol. The predicted octanol–water partition coefficient (Wildman–Crippen LogP) is 3.16. The molecular formula is C16H33IN6. The summed E-state index contributed by atoms with van der Waals surface area (Å²) >= 11 is 0. The molecule has 134 valence electrons. The highest BCUT2D eigenvalue weighted by molar-refractivity contribution is 14.0. The first kappa shape index (κ1) is 22.1. The van der Waals surface area contributed by atoms with Crippen LogP contribution in [0.15, 0.2) is 4.99 Å². The molecule has 1 rings (SSSR count). The lowest BCUT2D eigenvalue weighted by Gasteiger charge is -2.12. The third-order valence-corrected chi connectivity index (χ3v) is 3.71. The lowest BCUT2D eigenvalue weighted by Crippen LogP contribution is -2.38. The van der Waals surface area contributed by atoms with Crippen molar-refractivity contribution in [1.82, 2.24) is 25.4 Å². The Bertz CT molecular complexity index is 444. The van der Waals surface area contributed by atoms with Crippen LogP contribution in [-0.2, 0) is 13.6 Å². The van der Waals surface area contributed by atoms with Crippen LogP contribution in [0.4, 0.5) is 0 Å². The van der Waals surface area contributed by atoms with Gasteiger partial charge in [-0.1, -0.05) is 39.5 Å². The van der Waals surface area contributed by atoms with Crippen molar-refractivity contribution in [2.45, 2.75) is 65.8 Å². The third kappa shape index (κ3) is 9.12. The van der Waals surface area contributed by atoms with E-state index in [0.29, 0.717) is 6.54 Å². The molecule has 23 heavy (non-hydrogen) atoms. The first-order valence-corrected chi connectivity index (χ1v) is 8.56. The number of halogens is 1. The molecule has 0 atom stereocenters. The second kappa shape index (κ2) is 13.6. The van der Waals surface area contributed by atoms with Crippen LogP contribution in [0.3, 0.4) is 0 Å². The molecule has 1 aromatic rings. The van der Waals surface area contributed by atoms with Crippen LogP contribution in [0.1, 0.15) is 64.0 Å². The lowest BCUT2D eigenvalue weighted by atomic mass is 10.2. The molecule has 0 saturated carbocycles. The Hall–Kier alpha value is -0.860. The van der Waals surface area contributed by atoms with E-state index in [2.05, 4.69) is 39.7 Å². The van der Waals surface area contributed by atoms with Crippen molar-refractivity contribution >= 4 is 29.9 Å². The number of hydrogen-bond donors (Lipinski definition) is 2. The summed E-state index contributed by atoms with van der Waals surface area (Å²) in [7, 11) is 1.97. The van der Waals surface area contributed by atoms with Crippen molar-refractivity contribution in [1.29, 1.82) is 0 Å². The Morgan fingerprint density at radius 1 is 1.00 bits per heavy atom. The van der Waals surface area contributed by atoms with E-state index in [-0.39, 0.29) is 24.0 Å². The summed E-state index contributed by atoms with van der Waals surface area (Å²) < 4.78 is 1.98. The van der Waals surface area contributed by atoms with Gasteiger partial charge in [0.25, 0.3) is 0 Å². The second-order valence-corrected chi connectivity index (χ2v) is 5.66. The Morgan fingerprint density at radius 2 is 1.65 bits per heavy atom. The molecule has 2 N–H and O–H groups in total. The topological polar surface area (TPSA) is 67.1 Å². The molecule has 0 radical (unpaired) electrons. The SMILES string of the molecule is CCCCCCNC(=NCc1nnc(C)n1C)NCCCC.I. The maximum Gasteiger partial charge on any atom is 0.191 e. The molecule has 7 heteroatoms. The van der Waals surface area contributed by atoms with Crippen LogP contribution < -0.4 is 10.6 Å². The Kier molecular flexibility index (Phi) is 13.1. The van der Waals surface area contributed by atoms with E-state index in [4.69, 9.17) is 0 Å². The van der Waals surface area contributed by atoms with Crippen LogP contribution in [-0.4, -0.2) is 33.8 Å². The normalized spacial score (nSPS) is 11.2. The summed E-state index contributed by atoms with van der Waals surface area (Å²) in [6, 6.07) is 0. The Balaban J connectivity index is 0.00000484. The van der Waals surface area contributed by atoms with Crippen LogP contribution in [0.5, 0.6) is 0 Å². The van der Waals surface area contributed by atoms with Crippen molar-refractivity contribution in [3.05, 3.63) is 11.6 Å². The molecule has 1 aromatic heterocycles. The zero-order chi connectivity index (χ0) is 16.2. The van der Waals surface area contributed by atoms with E-state index in [1.807, 2.05) is 18.5 Å². The summed E-state index contributed by atoms with van der Waals surface area (Å²) in [5, 5.41) is 15.0. The maximum atomic E-state index is 4.63. The van der Waals surface area contributed by atoms with Gasteiger partial charge in [-0.25, -0.2) is 4.99 Å². The fourth-order valence-corrected chi connectivity index (χ4v) is 2.05. The van der Waals surface area contributed by atoms with Gasteiger partial charge in [0, 0.05) is 20.1 Å². The molecule has 0 bridgehead atoms. The Morgan fingerprint density at radius 3 is 2.22 bits per heavy atom. The summed E-state index contributed by atoms with van der Waals surface area (Å²) in [6.07, 6.45) is 7.36. The highest BCUT2D eigenvalue weighted by Crippen LogP contribution is 2.00. The minimum absolute atomic E-state index is 0. The van der Waals surface area contributed by atoms with Crippen LogP contribution in [0.25, 0.3) is 0 Å². The molecule has 0 spiro atoms. The van der Waals surface area contributed by atoms with Gasteiger partial charge in [-0.15, -0.1) is 34.2 Å². The van der Waals surface area contributed by atoms with Crippen molar-refractivity contribution in [3.63, 3.8) is 0 Å². The van der Waals surface area contributed by atoms with Crippen molar-refractivity contribution < 1.29 is 0 Å². The number of nitrogens with one attached hydrogen (secondary N) is 2. The predicted molar refractivity (Wildman–Crippen MR) is 107 cm³/mol. The number of guanidine groups is 1. The van der Waals surface area contributed by atoms with Gasteiger partial charge in [-0.05, 0) is 19.8 Å². The van der Waals surface area contributed by atoms with E-state index >= 15 is 0 Å². The van der Waals surface area contributed by atoms with Crippen LogP contribution >= 0.6 is 24.0 Å². The number of aryl methyl sites for hydroxylation is 1. The van der Waals surface area contributed by atoms with Gasteiger partial charge in [0.05, 0.1) is 0 Å². The summed E-state index contributed by atoms with van der Waals surface area (Å²) in [5.74, 6) is 2.68. The molecule has 0 fully saturated rings. The van der Waals surface area contributed by atoms with Crippen molar-refractivity contribution in [3.8, 4) is 0 Å². The molecule has 0 aliphatic rings. The summed E-state index contributed by atoms with van der Waals surface area (Å²) in [5.41, 5.74) is 0. The zero-order valence-corrected chi connectivity index (χ0v) is 17.4. The molecule has 0 unspecified atom stereocenters. The largest absolute Gasteiger partial charge is 0.356 e. The van der Waals surface area contributed by atoms with E-state index in [0.717, 1.165) is 37.1 Å². The van der Waals surface area contributed by atoms with Gasteiger partial charge in [-0.2, -0.15) is 0 Å². The highest BCUT2D eigenvalue weighted by atomic mass is 127. The average Bonchev–Trinajstić information content (AvgIpc) is 2.83. The van der Waals surface area contributed by atoms with E-state index in [9.17, 15) is 0 Å². The number of nitrogens with zero attached hydrogens (tertiary/aromatic N) is 4. The van der Waals surface area contributed by atoms with Crippen molar-refractivity contribution in [2.24, 2.45) is 12.0 Å². The van der Waals surface area contributed by atoms with Crippen LogP contribution in [0.2, 0.25) is 0 Å². The minimum atomic E-state index is 0. The fraction of sp³-hybridized carbons (Fsp3) is 0.812.